The Balaban J connectivity index is 1.88. The van der Waals surface area contributed by atoms with Crippen molar-refractivity contribution >= 4 is 17.7 Å². The van der Waals surface area contributed by atoms with Gasteiger partial charge in [-0.2, -0.15) is 0 Å². The van der Waals surface area contributed by atoms with Crippen molar-refractivity contribution < 1.29 is 14.3 Å². The summed E-state index contributed by atoms with van der Waals surface area (Å²) in [5.74, 6) is 0.0333. The molecule has 2 aliphatic heterocycles. The topological polar surface area (TPSA) is 49.9 Å². The van der Waals surface area contributed by atoms with E-state index in [2.05, 4.69) is 6.07 Å². The van der Waals surface area contributed by atoms with Crippen LogP contribution in [0, 0.1) is 0 Å². The molecule has 1 aromatic carbocycles. The number of carbonyl (C=O) groups is 2. The third-order valence-corrected chi connectivity index (χ3v) is 4.75. The van der Waals surface area contributed by atoms with E-state index in [1.54, 1.807) is 11.8 Å². The van der Waals surface area contributed by atoms with Gasteiger partial charge < -0.3 is 14.5 Å². The second kappa shape index (κ2) is 5.80. The van der Waals surface area contributed by atoms with Crippen LogP contribution in [0.1, 0.15) is 46.1 Å². The third kappa shape index (κ3) is 2.99. The number of amides is 2. The molecule has 0 N–H and O–H groups in total. The number of carbonyl (C=O) groups excluding carboxylic acids is 2. The monoisotopic (exact) mass is 330 g/mol. The van der Waals surface area contributed by atoms with Gasteiger partial charge in [0.1, 0.15) is 5.60 Å². The summed E-state index contributed by atoms with van der Waals surface area (Å²) in [6.07, 6.45) is 2.28. The van der Waals surface area contributed by atoms with E-state index >= 15 is 0 Å². The van der Waals surface area contributed by atoms with Crippen molar-refractivity contribution in [3.05, 3.63) is 29.8 Å². The molecule has 1 fully saturated rings. The minimum absolute atomic E-state index is 0.0333. The van der Waals surface area contributed by atoms with Gasteiger partial charge in [0, 0.05) is 25.7 Å². The number of rotatable bonds is 0. The number of benzene rings is 1. The smallest absolute Gasteiger partial charge is 0.410 e. The average Bonchev–Trinajstić information content (AvgIpc) is 2.78. The van der Waals surface area contributed by atoms with Crippen molar-refractivity contribution in [1.82, 2.24) is 4.90 Å². The van der Waals surface area contributed by atoms with E-state index in [0.717, 1.165) is 24.9 Å². The Morgan fingerprint density at radius 3 is 2.58 bits per heavy atom. The van der Waals surface area contributed by atoms with Crippen molar-refractivity contribution in [2.45, 2.75) is 58.1 Å². The summed E-state index contributed by atoms with van der Waals surface area (Å²) in [5, 5.41) is 0. The molecular formula is C19H26N2O3. The van der Waals surface area contributed by atoms with E-state index in [4.69, 9.17) is 4.74 Å². The second-order valence-corrected chi connectivity index (χ2v) is 7.89. The summed E-state index contributed by atoms with van der Waals surface area (Å²) in [5.41, 5.74) is 1.31. The molecule has 1 atom stereocenters. The first-order chi connectivity index (χ1) is 11.2. The molecule has 3 rings (SSSR count). The third-order valence-electron chi connectivity index (χ3n) is 4.75. The number of likely N-dealkylation sites (tertiary alicyclic amines) is 1. The molecule has 0 aromatic heterocycles. The lowest BCUT2D eigenvalue weighted by atomic mass is 9.85. The lowest BCUT2D eigenvalue weighted by molar-refractivity contribution is -0.118. The first-order valence-electron chi connectivity index (χ1n) is 8.58. The van der Waals surface area contributed by atoms with Crippen LogP contribution in [-0.2, 0) is 16.0 Å². The lowest BCUT2D eigenvalue weighted by Gasteiger charge is -2.45. The van der Waals surface area contributed by atoms with Crippen LogP contribution >= 0.6 is 0 Å². The van der Waals surface area contributed by atoms with Gasteiger partial charge in [-0.3, -0.25) is 4.79 Å². The van der Waals surface area contributed by atoms with Crippen molar-refractivity contribution in [2.75, 3.05) is 18.0 Å². The summed E-state index contributed by atoms with van der Waals surface area (Å²) >= 11 is 0. The number of nitrogens with zero attached hydrogens (tertiary/aromatic N) is 2. The van der Waals surface area contributed by atoms with Crippen molar-refractivity contribution in [3.63, 3.8) is 0 Å². The van der Waals surface area contributed by atoms with E-state index in [9.17, 15) is 9.59 Å². The highest BCUT2D eigenvalue weighted by Gasteiger charge is 2.49. The average molecular weight is 330 g/mol. The molecule has 2 heterocycles. The molecule has 1 unspecified atom stereocenters. The Morgan fingerprint density at radius 1 is 1.21 bits per heavy atom. The minimum Gasteiger partial charge on any atom is -0.444 e. The zero-order valence-electron chi connectivity index (χ0n) is 15.0. The highest BCUT2D eigenvalue weighted by Crippen LogP contribution is 2.43. The molecule has 1 spiro atoms. The molecule has 5 heteroatoms. The maximum atomic E-state index is 12.5. The number of para-hydroxylation sites is 1. The SMILES string of the molecule is CC(=O)N1c2ccccc2CC12CCCN(C(=O)OC(C)(C)C)C2. The van der Waals surface area contributed by atoms with Crippen LogP contribution in [-0.4, -0.2) is 41.1 Å². The molecule has 1 aromatic rings. The highest BCUT2D eigenvalue weighted by molar-refractivity contribution is 5.96. The van der Waals surface area contributed by atoms with E-state index in [-0.39, 0.29) is 17.5 Å². The van der Waals surface area contributed by atoms with E-state index in [1.165, 1.54) is 5.56 Å². The second-order valence-electron chi connectivity index (χ2n) is 7.89. The maximum Gasteiger partial charge on any atom is 0.410 e. The highest BCUT2D eigenvalue weighted by atomic mass is 16.6. The van der Waals surface area contributed by atoms with Gasteiger partial charge in [0.05, 0.1) is 5.54 Å². The largest absolute Gasteiger partial charge is 0.444 e. The Labute approximate surface area is 143 Å². The molecule has 0 saturated carbocycles. The summed E-state index contributed by atoms with van der Waals surface area (Å²) in [6.45, 7) is 8.43. The van der Waals surface area contributed by atoms with Gasteiger partial charge in [-0.1, -0.05) is 18.2 Å². The van der Waals surface area contributed by atoms with Gasteiger partial charge >= 0.3 is 6.09 Å². The summed E-state index contributed by atoms with van der Waals surface area (Å²) in [6, 6.07) is 8.04. The molecule has 1 saturated heterocycles. The van der Waals surface area contributed by atoms with Crippen molar-refractivity contribution in [3.8, 4) is 0 Å². The summed E-state index contributed by atoms with van der Waals surface area (Å²) in [4.78, 5) is 28.5. The van der Waals surface area contributed by atoms with Gasteiger partial charge in [-0.05, 0) is 51.7 Å². The predicted octanol–water partition coefficient (Wildman–Crippen LogP) is 3.37. The van der Waals surface area contributed by atoms with Gasteiger partial charge in [-0.15, -0.1) is 0 Å². The summed E-state index contributed by atoms with van der Waals surface area (Å²) < 4.78 is 5.54. The Kier molecular flexibility index (Phi) is 4.06. The molecule has 0 radical (unpaired) electrons. The Morgan fingerprint density at radius 2 is 1.92 bits per heavy atom. The van der Waals surface area contributed by atoms with Crippen LogP contribution in [0.25, 0.3) is 0 Å². The molecule has 130 valence electrons. The van der Waals surface area contributed by atoms with Gasteiger partial charge in [0.25, 0.3) is 0 Å². The molecule has 2 amide bonds. The normalized spacial score (nSPS) is 23.3. The number of fused-ring (bicyclic) bond motifs is 1. The fourth-order valence-electron chi connectivity index (χ4n) is 3.99. The van der Waals surface area contributed by atoms with Crippen LogP contribution in [0.4, 0.5) is 10.5 Å². The number of hydrogen-bond acceptors (Lipinski definition) is 3. The van der Waals surface area contributed by atoms with Crippen LogP contribution in [0.5, 0.6) is 0 Å². The first kappa shape index (κ1) is 16.8. The van der Waals surface area contributed by atoms with Crippen molar-refractivity contribution in [2.24, 2.45) is 0 Å². The number of hydrogen-bond donors (Lipinski definition) is 0. The van der Waals surface area contributed by atoms with Crippen LogP contribution in [0.2, 0.25) is 0 Å². The first-order valence-corrected chi connectivity index (χ1v) is 8.58. The zero-order chi connectivity index (χ0) is 17.5. The molecule has 0 bridgehead atoms. The zero-order valence-corrected chi connectivity index (χ0v) is 15.0. The van der Waals surface area contributed by atoms with Crippen LogP contribution in [0.3, 0.4) is 0 Å². The molecule has 2 aliphatic rings. The van der Waals surface area contributed by atoms with Crippen molar-refractivity contribution in [1.29, 1.82) is 0 Å². The van der Waals surface area contributed by atoms with Gasteiger partial charge in [0.15, 0.2) is 0 Å². The van der Waals surface area contributed by atoms with Gasteiger partial charge in [0.2, 0.25) is 5.91 Å². The van der Waals surface area contributed by atoms with Crippen LogP contribution in [0.15, 0.2) is 24.3 Å². The molecular weight excluding hydrogens is 304 g/mol. The number of anilines is 1. The van der Waals surface area contributed by atoms with E-state index < -0.39 is 5.60 Å². The standard InChI is InChI=1S/C19H26N2O3/c1-14(22)21-16-9-6-5-8-15(16)12-19(21)10-7-11-20(13-19)17(23)24-18(2,3)4/h5-6,8-9H,7,10-13H2,1-4H3. The van der Waals surface area contributed by atoms with Gasteiger partial charge in [-0.25, -0.2) is 4.79 Å². The molecule has 5 nitrogen and oxygen atoms in total. The van der Waals surface area contributed by atoms with E-state index in [1.807, 2.05) is 43.9 Å². The fourth-order valence-corrected chi connectivity index (χ4v) is 3.99. The fraction of sp³-hybridized carbons (Fsp3) is 0.579. The van der Waals surface area contributed by atoms with Crippen LogP contribution < -0.4 is 4.90 Å². The molecule has 0 aliphatic carbocycles. The minimum atomic E-state index is -0.513. The Hall–Kier alpha value is -2.04. The number of ether oxygens (including phenoxy) is 1. The lowest BCUT2D eigenvalue weighted by Crippen LogP contribution is -2.60. The quantitative estimate of drug-likeness (QED) is 0.733. The Bertz CT molecular complexity index is 665. The van der Waals surface area contributed by atoms with E-state index in [0.29, 0.717) is 13.1 Å². The maximum absolute atomic E-state index is 12.5. The molecule has 24 heavy (non-hydrogen) atoms. The predicted molar refractivity (Wildman–Crippen MR) is 93.1 cm³/mol. The summed E-state index contributed by atoms with van der Waals surface area (Å²) in [7, 11) is 0. The number of piperidine rings is 1.